The van der Waals surface area contributed by atoms with Gasteiger partial charge < -0.3 is 4.90 Å². The van der Waals surface area contributed by atoms with Gasteiger partial charge in [-0.25, -0.2) is 4.39 Å². The summed E-state index contributed by atoms with van der Waals surface area (Å²) in [5.74, 6) is 0.547. The van der Waals surface area contributed by atoms with Crippen molar-refractivity contribution in [2.24, 2.45) is 5.92 Å². The Bertz CT molecular complexity index is 508. The molecule has 4 heteroatoms. The lowest BCUT2D eigenvalue weighted by Gasteiger charge is -2.38. The highest BCUT2D eigenvalue weighted by atomic mass is 19.1. The maximum absolute atomic E-state index is 13.1. The van der Waals surface area contributed by atoms with Crippen molar-refractivity contribution in [2.45, 2.75) is 32.1 Å². The summed E-state index contributed by atoms with van der Waals surface area (Å²) in [6.07, 6.45) is 5.36. The Hall–Kier alpha value is -1.42. The lowest BCUT2D eigenvalue weighted by molar-refractivity contribution is -0.139. The van der Waals surface area contributed by atoms with Crippen molar-refractivity contribution in [3.63, 3.8) is 0 Å². The van der Waals surface area contributed by atoms with Gasteiger partial charge in [0, 0.05) is 32.1 Å². The molecule has 3 rings (SSSR count). The fourth-order valence-electron chi connectivity index (χ4n) is 3.30. The molecule has 2 aliphatic rings. The largest absolute Gasteiger partial charge is 0.340 e. The zero-order chi connectivity index (χ0) is 15.4. The van der Waals surface area contributed by atoms with Crippen LogP contribution in [-0.2, 0) is 11.2 Å². The van der Waals surface area contributed by atoms with E-state index >= 15 is 0 Å². The highest BCUT2D eigenvalue weighted by Gasteiger charge is 2.30. The van der Waals surface area contributed by atoms with Crippen molar-refractivity contribution >= 4 is 5.91 Å². The third-order valence-electron chi connectivity index (χ3n) is 4.97. The van der Waals surface area contributed by atoms with Crippen molar-refractivity contribution in [1.29, 1.82) is 0 Å². The number of carbonyl (C=O) groups excluding carboxylic acids is 1. The monoisotopic (exact) mass is 304 g/mol. The molecule has 0 spiro atoms. The third kappa shape index (κ3) is 3.86. The number of carbonyl (C=O) groups is 1. The molecule has 1 saturated carbocycles. The van der Waals surface area contributed by atoms with Crippen LogP contribution in [-0.4, -0.2) is 48.4 Å². The Balaban J connectivity index is 1.36. The van der Waals surface area contributed by atoms with Crippen molar-refractivity contribution in [1.82, 2.24) is 9.80 Å². The Labute approximate surface area is 132 Å². The maximum Gasteiger partial charge on any atom is 0.225 e. The van der Waals surface area contributed by atoms with E-state index in [1.54, 1.807) is 12.1 Å². The van der Waals surface area contributed by atoms with E-state index in [1.807, 2.05) is 11.0 Å². The van der Waals surface area contributed by atoms with Gasteiger partial charge in [0.2, 0.25) is 5.91 Å². The van der Waals surface area contributed by atoms with Gasteiger partial charge >= 0.3 is 0 Å². The number of nitrogens with zero attached hydrogens (tertiary/aromatic N) is 2. The highest BCUT2D eigenvalue weighted by molar-refractivity contribution is 5.79. The molecule has 0 aromatic heterocycles. The zero-order valence-corrected chi connectivity index (χ0v) is 13.1. The van der Waals surface area contributed by atoms with Gasteiger partial charge in [0.25, 0.3) is 0 Å². The minimum absolute atomic E-state index is 0.152. The third-order valence-corrected chi connectivity index (χ3v) is 4.97. The number of rotatable bonds is 5. The standard InChI is InChI=1S/C18H25FN2O/c19-17-8-1-4-15(14-17)5-3-9-20-10-12-21(13-11-20)18(22)16-6-2-7-16/h1,4,8,14,16H,2-3,5-7,9-13H2. The molecule has 2 fully saturated rings. The van der Waals surface area contributed by atoms with E-state index in [9.17, 15) is 9.18 Å². The summed E-state index contributed by atoms with van der Waals surface area (Å²) in [5, 5.41) is 0. The van der Waals surface area contributed by atoms with Crippen LogP contribution in [0.15, 0.2) is 24.3 Å². The van der Waals surface area contributed by atoms with Crippen LogP contribution in [0.25, 0.3) is 0 Å². The van der Waals surface area contributed by atoms with E-state index in [-0.39, 0.29) is 5.82 Å². The minimum Gasteiger partial charge on any atom is -0.340 e. The predicted molar refractivity (Wildman–Crippen MR) is 85.1 cm³/mol. The first-order valence-electron chi connectivity index (χ1n) is 8.48. The molecule has 0 bridgehead atoms. The molecule has 1 saturated heterocycles. The zero-order valence-electron chi connectivity index (χ0n) is 13.1. The summed E-state index contributed by atoms with van der Waals surface area (Å²) in [4.78, 5) is 16.7. The van der Waals surface area contributed by atoms with Gasteiger partial charge in [0.1, 0.15) is 5.82 Å². The minimum atomic E-state index is -0.152. The SMILES string of the molecule is O=C(C1CCC1)N1CCN(CCCc2cccc(F)c2)CC1. The first-order valence-corrected chi connectivity index (χ1v) is 8.48. The number of benzene rings is 1. The van der Waals surface area contributed by atoms with Crippen LogP contribution in [0, 0.1) is 11.7 Å². The average molecular weight is 304 g/mol. The summed E-state index contributed by atoms with van der Waals surface area (Å²) in [6.45, 7) is 4.72. The van der Waals surface area contributed by atoms with Crippen LogP contribution < -0.4 is 0 Å². The van der Waals surface area contributed by atoms with Crippen molar-refractivity contribution in [2.75, 3.05) is 32.7 Å². The molecular weight excluding hydrogens is 279 g/mol. The van der Waals surface area contributed by atoms with Gasteiger partial charge in [-0.3, -0.25) is 9.69 Å². The fraction of sp³-hybridized carbons (Fsp3) is 0.611. The number of hydrogen-bond acceptors (Lipinski definition) is 2. The summed E-state index contributed by atoms with van der Waals surface area (Å²) < 4.78 is 13.1. The molecule has 1 aromatic carbocycles. The second kappa shape index (κ2) is 7.23. The first-order chi connectivity index (χ1) is 10.7. The van der Waals surface area contributed by atoms with E-state index in [1.165, 1.54) is 12.5 Å². The summed E-state index contributed by atoms with van der Waals surface area (Å²) in [7, 11) is 0. The van der Waals surface area contributed by atoms with E-state index in [0.29, 0.717) is 11.8 Å². The Morgan fingerprint density at radius 2 is 1.95 bits per heavy atom. The summed E-state index contributed by atoms with van der Waals surface area (Å²) in [6, 6.07) is 6.87. The highest BCUT2D eigenvalue weighted by Crippen LogP contribution is 2.28. The number of hydrogen-bond donors (Lipinski definition) is 0. The van der Waals surface area contributed by atoms with Gasteiger partial charge in [-0.2, -0.15) is 0 Å². The maximum atomic E-state index is 13.1. The second-order valence-electron chi connectivity index (χ2n) is 6.53. The Kier molecular flexibility index (Phi) is 5.08. The predicted octanol–water partition coefficient (Wildman–Crippen LogP) is 2.70. The number of aryl methyl sites for hydroxylation is 1. The van der Waals surface area contributed by atoms with E-state index < -0.39 is 0 Å². The van der Waals surface area contributed by atoms with Crippen LogP contribution in [0.2, 0.25) is 0 Å². The molecule has 3 nitrogen and oxygen atoms in total. The van der Waals surface area contributed by atoms with Gasteiger partial charge in [-0.1, -0.05) is 18.6 Å². The van der Waals surface area contributed by atoms with Crippen molar-refractivity contribution < 1.29 is 9.18 Å². The van der Waals surface area contributed by atoms with Crippen LogP contribution in [0.3, 0.4) is 0 Å². The van der Waals surface area contributed by atoms with Crippen LogP contribution in [0.5, 0.6) is 0 Å². The number of piperazine rings is 1. The molecule has 1 amide bonds. The number of amides is 1. The lowest BCUT2D eigenvalue weighted by Crippen LogP contribution is -2.51. The molecule has 1 heterocycles. The smallest absolute Gasteiger partial charge is 0.225 e. The van der Waals surface area contributed by atoms with E-state index in [2.05, 4.69) is 4.90 Å². The topological polar surface area (TPSA) is 23.6 Å². The molecule has 0 N–H and O–H groups in total. The van der Waals surface area contributed by atoms with Gasteiger partial charge in [-0.15, -0.1) is 0 Å². The molecular formula is C18H25FN2O. The Morgan fingerprint density at radius 3 is 2.59 bits per heavy atom. The average Bonchev–Trinajstić information content (AvgIpc) is 2.46. The van der Waals surface area contributed by atoms with Crippen LogP contribution in [0.1, 0.15) is 31.2 Å². The van der Waals surface area contributed by atoms with E-state index in [0.717, 1.165) is 64.0 Å². The van der Waals surface area contributed by atoms with Gasteiger partial charge in [0.05, 0.1) is 0 Å². The summed E-state index contributed by atoms with van der Waals surface area (Å²) >= 11 is 0. The molecule has 0 unspecified atom stereocenters. The molecule has 0 atom stereocenters. The molecule has 22 heavy (non-hydrogen) atoms. The van der Waals surface area contributed by atoms with Crippen molar-refractivity contribution in [3.8, 4) is 0 Å². The molecule has 120 valence electrons. The molecule has 1 aliphatic heterocycles. The van der Waals surface area contributed by atoms with Gasteiger partial charge in [-0.05, 0) is 49.9 Å². The molecule has 0 radical (unpaired) electrons. The molecule has 1 aromatic rings. The van der Waals surface area contributed by atoms with Gasteiger partial charge in [0.15, 0.2) is 0 Å². The lowest BCUT2D eigenvalue weighted by atomic mass is 9.84. The van der Waals surface area contributed by atoms with E-state index in [4.69, 9.17) is 0 Å². The number of halogens is 1. The fourth-order valence-corrected chi connectivity index (χ4v) is 3.30. The Morgan fingerprint density at radius 1 is 1.18 bits per heavy atom. The summed E-state index contributed by atoms with van der Waals surface area (Å²) in [5.41, 5.74) is 1.07. The normalized spacial score (nSPS) is 20.0. The first kappa shape index (κ1) is 15.5. The van der Waals surface area contributed by atoms with Crippen LogP contribution in [0.4, 0.5) is 4.39 Å². The molecule has 1 aliphatic carbocycles. The quantitative estimate of drug-likeness (QED) is 0.835. The second-order valence-corrected chi connectivity index (χ2v) is 6.53. The van der Waals surface area contributed by atoms with Crippen molar-refractivity contribution in [3.05, 3.63) is 35.6 Å². The van der Waals surface area contributed by atoms with Crippen LogP contribution >= 0.6 is 0 Å².